The second-order valence-corrected chi connectivity index (χ2v) is 4.42. The minimum Gasteiger partial charge on any atom is -0.330 e. The predicted molar refractivity (Wildman–Crippen MR) is 74.3 cm³/mol. The highest BCUT2D eigenvalue weighted by Gasteiger charge is 2.38. The van der Waals surface area contributed by atoms with Gasteiger partial charge in [0.05, 0.1) is 11.2 Å². The summed E-state index contributed by atoms with van der Waals surface area (Å²) in [6.45, 7) is 2.84. The van der Waals surface area contributed by atoms with E-state index in [1.54, 1.807) is 0 Å². The van der Waals surface area contributed by atoms with Crippen LogP contribution in [0.3, 0.4) is 0 Å². The van der Waals surface area contributed by atoms with Gasteiger partial charge in [-0.15, -0.1) is 24.8 Å². The number of pyridine rings is 1. The number of nitrogens with zero attached hydrogens (tertiary/aromatic N) is 2. The monoisotopic (exact) mass is 273 g/mol. The Morgan fingerprint density at radius 1 is 1.47 bits per heavy atom. The van der Waals surface area contributed by atoms with Crippen molar-refractivity contribution in [2.24, 2.45) is 11.7 Å². The number of nitrogens with two attached hydrogens (primary N) is 1. The number of halogens is 2. The molecule has 0 saturated heterocycles. The predicted octanol–water partition coefficient (Wildman–Crippen LogP) is 2.55. The minimum absolute atomic E-state index is 0. The van der Waals surface area contributed by atoms with Gasteiger partial charge in [0.25, 0.3) is 0 Å². The molecule has 1 fully saturated rings. The lowest BCUT2D eigenvalue weighted by molar-refractivity contribution is 0.808. The van der Waals surface area contributed by atoms with Crippen LogP contribution < -0.4 is 5.73 Å². The largest absolute Gasteiger partial charge is 0.330 e. The summed E-state index contributed by atoms with van der Waals surface area (Å²) in [7, 11) is 0. The molecule has 94 valence electrons. The van der Waals surface area contributed by atoms with Crippen LogP contribution in [0, 0.1) is 12.8 Å². The zero-order valence-electron chi connectivity index (χ0n) is 9.67. The Bertz CT molecular complexity index is 509. The molecule has 2 heterocycles. The molecule has 1 aliphatic rings. The molecule has 0 radical (unpaired) electrons. The van der Waals surface area contributed by atoms with Crippen molar-refractivity contribution in [2.45, 2.75) is 19.3 Å². The second-order valence-electron chi connectivity index (χ2n) is 4.42. The maximum atomic E-state index is 5.69. The molecule has 2 aromatic heterocycles. The van der Waals surface area contributed by atoms with Crippen LogP contribution in [0.2, 0.25) is 0 Å². The third kappa shape index (κ3) is 2.41. The van der Waals surface area contributed by atoms with Crippen molar-refractivity contribution in [2.75, 3.05) is 6.54 Å². The van der Waals surface area contributed by atoms with Crippen LogP contribution in [0.1, 0.15) is 23.6 Å². The molecular weight excluding hydrogens is 257 g/mol. The molecule has 0 amide bonds. The lowest BCUT2D eigenvalue weighted by atomic mass is 10.1. The Morgan fingerprint density at radius 3 is 2.88 bits per heavy atom. The Hall–Kier alpha value is -0.770. The molecule has 0 aliphatic heterocycles. The highest BCUT2D eigenvalue weighted by Crippen LogP contribution is 2.47. The van der Waals surface area contributed by atoms with E-state index in [1.165, 1.54) is 17.5 Å². The van der Waals surface area contributed by atoms with Crippen molar-refractivity contribution in [3.63, 3.8) is 0 Å². The summed E-state index contributed by atoms with van der Waals surface area (Å²) < 4.78 is 1.97. The van der Waals surface area contributed by atoms with Crippen LogP contribution in [0.5, 0.6) is 0 Å². The van der Waals surface area contributed by atoms with E-state index >= 15 is 0 Å². The molecule has 2 aromatic rings. The van der Waals surface area contributed by atoms with Gasteiger partial charge in [0.2, 0.25) is 0 Å². The molecule has 0 aromatic carbocycles. The third-order valence-electron chi connectivity index (χ3n) is 3.28. The molecule has 0 spiro atoms. The lowest BCUT2D eigenvalue weighted by Gasteiger charge is -2.01. The van der Waals surface area contributed by atoms with Crippen molar-refractivity contribution in [1.29, 1.82) is 0 Å². The van der Waals surface area contributed by atoms with Crippen LogP contribution >= 0.6 is 24.8 Å². The van der Waals surface area contributed by atoms with Gasteiger partial charge in [-0.1, -0.05) is 6.07 Å². The summed E-state index contributed by atoms with van der Waals surface area (Å²) in [5.74, 6) is 1.35. The Balaban J connectivity index is 0.000000722. The zero-order valence-corrected chi connectivity index (χ0v) is 11.3. The van der Waals surface area contributed by atoms with Gasteiger partial charge < -0.3 is 5.73 Å². The van der Waals surface area contributed by atoms with Crippen LogP contribution in [-0.4, -0.2) is 16.2 Å². The van der Waals surface area contributed by atoms with Gasteiger partial charge in [-0.05, 0) is 49.4 Å². The molecule has 0 unspecified atom stereocenters. The molecular formula is C12H17Cl2N3. The normalized spacial score (nSPS) is 21.8. The first-order valence-corrected chi connectivity index (χ1v) is 5.44. The molecule has 3 rings (SSSR count). The average molecular weight is 274 g/mol. The molecule has 2 N–H and O–H groups in total. The number of hydrogen-bond donors (Lipinski definition) is 1. The summed E-state index contributed by atoms with van der Waals surface area (Å²) in [5.41, 5.74) is 9.42. The van der Waals surface area contributed by atoms with E-state index in [2.05, 4.69) is 23.3 Å². The molecule has 3 nitrogen and oxygen atoms in total. The highest BCUT2D eigenvalue weighted by molar-refractivity contribution is 5.85. The first kappa shape index (κ1) is 14.3. The van der Waals surface area contributed by atoms with Crippen LogP contribution in [0.25, 0.3) is 5.52 Å². The van der Waals surface area contributed by atoms with E-state index in [9.17, 15) is 0 Å². The molecule has 0 bridgehead atoms. The standard InChI is InChI=1S/C12H15N3.2ClH/c1-8-5-12-10(11-6-9(11)7-13)3-2-4-15(12)14-8;;/h2-5,9,11H,6-7,13H2,1H3;2*1H/t9-,11+;;/m1../s1. The zero-order chi connectivity index (χ0) is 10.4. The maximum absolute atomic E-state index is 5.69. The van der Waals surface area contributed by atoms with E-state index in [0.29, 0.717) is 11.8 Å². The van der Waals surface area contributed by atoms with Gasteiger partial charge in [-0.3, -0.25) is 0 Å². The van der Waals surface area contributed by atoms with Gasteiger partial charge in [0.15, 0.2) is 0 Å². The number of rotatable bonds is 2. The number of aryl methyl sites for hydroxylation is 1. The summed E-state index contributed by atoms with van der Waals surface area (Å²) >= 11 is 0. The number of hydrogen-bond acceptors (Lipinski definition) is 2. The Labute approximate surface area is 113 Å². The smallest absolute Gasteiger partial charge is 0.0699 e. The number of fused-ring (bicyclic) bond motifs is 1. The first-order chi connectivity index (χ1) is 7.29. The van der Waals surface area contributed by atoms with Crippen molar-refractivity contribution < 1.29 is 0 Å². The van der Waals surface area contributed by atoms with E-state index in [4.69, 9.17) is 5.73 Å². The summed E-state index contributed by atoms with van der Waals surface area (Å²) in [4.78, 5) is 0. The van der Waals surface area contributed by atoms with Gasteiger partial charge in [-0.25, -0.2) is 4.52 Å². The fourth-order valence-corrected chi connectivity index (χ4v) is 2.36. The molecule has 1 aliphatic carbocycles. The van der Waals surface area contributed by atoms with Gasteiger partial charge in [0.1, 0.15) is 0 Å². The Morgan fingerprint density at radius 2 is 2.24 bits per heavy atom. The summed E-state index contributed by atoms with van der Waals surface area (Å²) in [6.07, 6.45) is 3.24. The highest BCUT2D eigenvalue weighted by atomic mass is 35.5. The Kier molecular flexibility index (Phi) is 4.42. The topological polar surface area (TPSA) is 43.3 Å². The van der Waals surface area contributed by atoms with E-state index in [0.717, 1.165) is 12.2 Å². The average Bonchev–Trinajstić information content (AvgIpc) is 2.91. The lowest BCUT2D eigenvalue weighted by Crippen LogP contribution is -2.02. The van der Waals surface area contributed by atoms with Gasteiger partial charge in [-0.2, -0.15) is 5.10 Å². The van der Waals surface area contributed by atoms with Crippen LogP contribution in [0.4, 0.5) is 0 Å². The van der Waals surface area contributed by atoms with Crippen LogP contribution in [-0.2, 0) is 0 Å². The van der Waals surface area contributed by atoms with Crippen molar-refractivity contribution in [1.82, 2.24) is 9.61 Å². The number of aromatic nitrogens is 2. The van der Waals surface area contributed by atoms with Crippen molar-refractivity contribution in [3.8, 4) is 0 Å². The van der Waals surface area contributed by atoms with Crippen molar-refractivity contribution >= 4 is 30.3 Å². The fourth-order valence-electron chi connectivity index (χ4n) is 2.36. The third-order valence-corrected chi connectivity index (χ3v) is 3.28. The minimum atomic E-state index is 0. The molecule has 17 heavy (non-hydrogen) atoms. The molecule has 1 saturated carbocycles. The van der Waals surface area contributed by atoms with Gasteiger partial charge in [0, 0.05) is 6.20 Å². The SMILES string of the molecule is Cc1cc2c([C@H]3C[C@@H]3CN)cccn2n1.Cl.Cl. The van der Waals surface area contributed by atoms with Gasteiger partial charge >= 0.3 is 0 Å². The van der Waals surface area contributed by atoms with Crippen molar-refractivity contribution in [3.05, 3.63) is 35.7 Å². The summed E-state index contributed by atoms with van der Waals surface area (Å²) in [6, 6.07) is 6.43. The van der Waals surface area contributed by atoms with E-state index in [1.807, 2.05) is 17.6 Å². The maximum Gasteiger partial charge on any atom is 0.0699 e. The quantitative estimate of drug-likeness (QED) is 0.914. The summed E-state index contributed by atoms with van der Waals surface area (Å²) in [5, 5.41) is 4.42. The molecule has 5 heteroatoms. The van der Waals surface area contributed by atoms with E-state index < -0.39 is 0 Å². The fraction of sp³-hybridized carbons (Fsp3) is 0.417. The van der Waals surface area contributed by atoms with Crippen LogP contribution in [0.15, 0.2) is 24.4 Å². The molecule has 2 atom stereocenters. The van der Waals surface area contributed by atoms with E-state index in [-0.39, 0.29) is 24.8 Å². The second kappa shape index (κ2) is 5.25. The first-order valence-electron chi connectivity index (χ1n) is 5.44.